The molecule has 0 saturated carbocycles. The quantitative estimate of drug-likeness (QED) is 0.701. The second kappa shape index (κ2) is 5.83. The van der Waals surface area contributed by atoms with Crippen molar-refractivity contribution in [1.82, 2.24) is 0 Å². The van der Waals surface area contributed by atoms with Gasteiger partial charge in [-0.25, -0.2) is 0 Å². The normalized spacial score (nSPS) is 11.2. The lowest BCUT2D eigenvalue weighted by molar-refractivity contribution is 0.113. The fourth-order valence-electron chi connectivity index (χ4n) is 2.01. The maximum absolute atomic E-state index is 5.65. The van der Waals surface area contributed by atoms with Gasteiger partial charge in [0.15, 0.2) is 0 Å². The third-order valence-corrected chi connectivity index (χ3v) is 2.85. The predicted molar refractivity (Wildman–Crippen MR) is 73.3 cm³/mol. The van der Waals surface area contributed by atoms with Crippen molar-refractivity contribution in [3.63, 3.8) is 0 Å². The predicted octanol–water partition coefficient (Wildman–Crippen LogP) is 4.05. The van der Waals surface area contributed by atoms with Crippen LogP contribution in [-0.2, 0) is 11.2 Å². The van der Waals surface area contributed by atoms with E-state index in [0.29, 0.717) is 5.92 Å². The van der Waals surface area contributed by atoms with Crippen molar-refractivity contribution in [2.24, 2.45) is 5.92 Å². The van der Waals surface area contributed by atoms with E-state index in [-0.39, 0.29) is 0 Å². The summed E-state index contributed by atoms with van der Waals surface area (Å²) < 4.78 is 5.65. The fraction of sp³-hybridized carbons (Fsp3) is 0.375. The van der Waals surface area contributed by atoms with Gasteiger partial charge in [0, 0.05) is 6.61 Å². The summed E-state index contributed by atoms with van der Waals surface area (Å²) in [5.41, 5.74) is 1.38. The van der Waals surface area contributed by atoms with Crippen LogP contribution in [0.1, 0.15) is 19.4 Å². The summed E-state index contributed by atoms with van der Waals surface area (Å²) in [7, 11) is 0. The molecular formula is C16H20O. The van der Waals surface area contributed by atoms with Gasteiger partial charge in [-0.3, -0.25) is 0 Å². The Morgan fingerprint density at radius 1 is 1.00 bits per heavy atom. The number of fused-ring (bicyclic) bond motifs is 1. The minimum absolute atomic E-state index is 0.613. The molecule has 0 heterocycles. The molecule has 0 fully saturated rings. The molecule has 0 N–H and O–H groups in total. The Hall–Kier alpha value is -1.34. The first kappa shape index (κ1) is 12.1. The Morgan fingerprint density at radius 2 is 1.76 bits per heavy atom. The van der Waals surface area contributed by atoms with Gasteiger partial charge in [0.2, 0.25) is 0 Å². The molecule has 0 spiro atoms. The van der Waals surface area contributed by atoms with Gasteiger partial charge in [-0.15, -0.1) is 0 Å². The molecule has 0 aliphatic rings. The summed E-state index contributed by atoms with van der Waals surface area (Å²) in [5.74, 6) is 0.613. The standard InChI is InChI=1S/C16H20O/c1-13(2)12-17-11-10-15-8-5-7-14-6-3-4-9-16(14)15/h3-9,13H,10-12H2,1-2H3. The molecule has 0 unspecified atom stereocenters. The van der Waals surface area contributed by atoms with Crippen LogP contribution >= 0.6 is 0 Å². The van der Waals surface area contributed by atoms with E-state index in [9.17, 15) is 0 Å². The number of rotatable bonds is 5. The zero-order chi connectivity index (χ0) is 12.1. The maximum atomic E-state index is 5.65. The molecule has 0 atom stereocenters. The summed E-state index contributed by atoms with van der Waals surface area (Å²) in [6.45, 7) is 6.02. The summed E-state index contributed by atoms with van der Waals surface area (Å²) in [4.78, 5) is 0. The molecule has 0 bridgehead atoms. The van der Waals surface area contributed by atoms with Crippen LogP contribution in [0, 0.1) is 5.92 Å². The lowest BCUT2D eigenvalue weighted by Gasteiger charge is -2.08. The third kappa shape index (κ3) is 3.31. The molecule has 1 heteroatoms. The highest BCUT2D eigenvalue weighted by Crippen LogP contribution is 2.18. The van der Waals surface area contributed by atoms with Gasteiger partial charge in [-0.2, -0.15) is 0 Å². The maximum Gasteiger partial charge on any atom is 0.0506 e. The molecule has 0 aromatic heterocycles. The van der Waals surface area contributed by atoms with E-state index in [2.05, 4.69) is 56.3 Å². The van der Waals surface area contributed by atoms with Gasteiger partial charge in [-0.05, 0) is 28.7 Å². The molecule has 90 valence electrons. The van der Waals surface area contributed by atoms with Crippen molar-refractivity contribution in [3.05, 3.63) is 48.0 Å². The van der Waals surface area contributed by atoms with Gasteiger partial charge >= 0.3 is 0 Å². The van der Waals surface area contributed by atoms with E-state index in [1.165, 1.54) is 16.3 Å². The molecule has 0 radical (unpaired) electrons. The SMILES string of the molecule is CC(C)COCCc1cccc2ccccc12. The van der Waals surface area contributed by atoms with E-state index >= 15 is 0 Å². The van der Waals surface area contributed by atoms with Gasteiger partial charge < -0.3 is 4.74 Å². The van der Waals surface area contributed by atoms with Gasteiger partial charge in [0.05, 0.1) is 6.61 Å². The molecule has 2 aromatic carbocycles. The molecule has 0 amide bonds. The van der Waals surface area contributed by atoms with Crippen LogP contribution in [-0.4, -0.2) is 13.2 Å². The minimum Gasteiger partial charge on any atom is -0.381 e. The molecule has 0 aliphatic heterocycles. The lowest BCUT2D eigenvalue weighted by atomic mass is 10.0. The smallest absolute Gasteiger partial charge is 0.0506 e. The van der Waals surface area contributed by atoms with Crippen molar-refractivity contribution >= 4 is 10.8 Å². The van der Waals surface area contributed by atoms with Gasteiger partial charge in [0.1, 0.15) is 0 Å². The Labute approximate surface area is 103 Å². The van der Waals surface area contributed by atoms with E-state index in [1.54, 1.807) is 0 Å². The largest absolute Gasteiger partial charge is 0.381 e. The van der Waals surface area contributed by atoms with Crippen molar-refractivity contribution in [3.8, 4) is 0 Å². The molecule has 0 aliphatic carbocycles. The average molecular weight is 228 g/mol. The second-order valence-electron chi connectivity index (χ2n) is 4.86. The first-order valence-corrected chi connectivity index (χ1v) is 6.32. The third-order valence-electron chi connectivity index (χ3n) is 2.85. The minimum atomic E-state index is 0.613. The van der Waals surface area contributed by atoms with Crippen molar-refractivity contribution in [2.45, 2.75) is 20.3 Å². The molecule has 17 heavy (non-hydrogen) atoms. The van der Waals surface area contributed by atoms with E-state index in [4.69, 9.17) is 4.74 Å². The fourth-order valence-corrected chi connectivity index (χ4v) is 2.01. The molecule has 2 rings (SSSR count). The van der Waals surface area contributed by atoms with Crippen LogP contribution in [0.15, 0.2) is 42.5 Å². The number of hydrogen-bond acceptors (Lipinski definition) is 1. The highest BCUT2D eigenvalue weighted by Gasteiger charge is 2.00. The van der Waals surface area contributed by atoms with Crippen molar-refractivity contribution in [1.29, 1.82) is 0 Å². The van der Waals surface area contributed by atoms with Crippen LogP contribution in [0.2, 0.25) is 0 Å². The van der Waals surface area contributed by atoms with Crippen LogP contribution in [0.4, 0.5) is 0 Å². The number of hydrogen-bond donors (Lipinski definition) is 0. The lowest BCUT2D eigenvalue weighted by Crippen LogP contribution is -2.05. The summed E-state index contributed by atoms with van der Waals surface area (Å²) >= 11 is 0. The topological polar surface area (TPSA) is 9.23 Å². The Kier molecular flexibility index (Phi) is 4.16. The molecule has 0 saturated heterocycles. The molecule has 1 nitrogen and oxygen atoms in total. The van der Waals surface area contributed by atoms with Crippen LogP contribution in [0.5, 0.6) is 0 Å². The van der Waals surface area contributed by atoms with Crippen LogP contribution in [0.3, 0.4) is 0 Å². The zero-order valence-corrected chi connectivity index (χ0v) is 10.6. The molecular weight excluding hydrogens is 208 g/mol. The van der Waals surface area contributed by atoms with Gasteiger partial charge in [0.25, 0.3) is 0 Å². The van der Waals surface area contributed by atoms with Crippen molar-refractivity contribution in [2.75, 3.05) is 13.2 Å². The zero-order valence-electron chi connectivity index (χ0n) is 10.6. The van der Waals surface area contributed by atoms with E-state index < -0.39 is 0 Å². The van der Waals surface area contributed by atoms with Crippen LogP contribution < -0.4 is 0 Å². The highest BCUT2D eigenvalue weighted by atomic mass is 16.5. The van der Waals surface area contributed by atoms with E-state index in [0.717, 1.165) is 19.6 Å². The average Bonchev–Trinajstić information content (AvgIpc) is 2.34. The summed E-state index contributed by atoms with van der Waals surface area (Å²) in [6, 6.07) is 15.0. The monoisotopic (exact) mass is 228 g/mol. The number of benzene rings is 2. The van der Waals surface area contributed by atoms with E-state index in [1.807, 2.05) is 0 Å². The Balaban J connectivity index is 2.03. The summed E-state index contributed by atoms with van der Waals surface area (Å²) in [6.07, 6.45) is 0.994. The first-order chi connectivity index (χ1) is 8.27. The van der Waals surface area contributed by atoms with Gasteiger partial charge in [-0.1, -0.05) is 56.3 Å². The van der Waals surface area contributed by atoms with Crippen molar-refractivity contribution < 1.29 is 4.74 Å². The molecule has 2 aromatic rings. The Morgan fingerprint density at radius 3 is 2.59 bits per heavy atom. The summed E-state index contributed by atoms with van der Waals surface area (Å²) in [5, 5.41) is 2.66. The number of ether oxygens (including phenoxy) is 1. The second-order valence-corrected chi connectivity index (χ2v) is 4.86. The highest BCUT2D eigenvalue weighted by molar-refractivity contribution is 5.85. The van der Waals surface area contributed by atoms with Crippen LogP contribution in [0.25, 0.3) is 10.8 Å². The first-order valence-electron chi connectivity index (χ1n) is 6.32. The Bertz CT molecular complexity index is 468.